The topological polar surface area (TPSA) is 76.6 Å². The zero-order valence-electron chi connectivity index (χ0n) is 9.74. The molecule has 2 aliphatic rings. The van der Waals surface area contributed by atoms with Crippen LogP contribution >= 0.6 is 0 Å². The fourth-order valence-electron chi connectivity index (χ4n) is 2.00. The fraction of sp³-hybridized carbons (Fsp3) is 0.500. The van der Waals surface area contributed by atoms with E-state index in [1.165, 1.54) is 0 Å². The molecule has 6 heteroatoms. The van der Waals surface area contributed by atoms with Crippen LogP contribution in [0.4, 0.5) is 0 Å². The lowest BCUT2D eigenvalue weighted by Crippen LogP contribution is -2.08. The third-order valence-electron chi connectivity index (χ3n) is 3.09. The molecule has 2 atom stereocenters. The Morgan fingerprint density at radius 3 is 2.50 bits per heavy atom. The molecule has 2 saturated heterocycles. The Balaban J connectivity index is 1.77. The Bertz CT molecular complexity index is 596. The van der Waals surface area contributed by atoms with Crippen molar-refractivity contribution in [1.82, 2.24) is 19.9 Å². The molecular formula is C12H12N4O2. The summed E-state index contributed by atoms with van der Waals surface area (Å²) in [6.07, 6.45) is 5.44. The molecule has 0 aliphatic carbocycles. The van der Waals surface area contributed by atoms with Crippen molar-refractivity contribution in [3.8, 4) is 0 Å². The summed E-state index contributed by atoms with van der Waals surface area (Å²) in [6.45, 7) is 1.62. The molecule has 2 aromatic heterocycles. The third kappa shape index (κ3) is 2.04. The summed E-state index contributed by atoms with van der Waals surface area (Å²) in [6, 6.07) is 0. The second kappa shape index (κ2) is 3.93. The number of nitrogens with zero attached hydrogens (tertiary/aromatic N) is 4. The molecule has 0 amide bonds. The van der Waals surface area contributed by atoms with Crippen LogP contribution in [0.5, 0.6) is 0 Å². The van der Waals surface area contributed by atoms with Gasteiger partial charge in [0.05, 0.1) is 31.1 Å². The quantitative estimate of drug-likeness (QED) is 0.720. The average molecular weight is 244 g/mol. The second-order valence-electron chi connectivity index (χ2n) is 4.63. The monoisotopic (exact) mass is 244 g/mol. The average Bonchev–Trinajstić information content (AvgIpc) is 3.25. The minimum Gasteiger partial charge on any atom is -0.373 e. The minimum absolute atomic E-state index is 0.282. The molecule has 18 heavy (non-hydrogen) atoms. The Labute approximate surface area is 103 Å². The summed E-state index contributed by atoms with van der Waals surface area (Å²) in [4.78, 5) is 17.6. The summed E-state index contributed by atoms with van der Waals surface area (Å²) >= 11 is 0. The maximum Gasteiger partial charge on any atom is 0.181 e. The first-order valence-electron chi connectivity index (χ1n) is 6.08. The zero-order chi connectivity index (χ0) is 11.9. The molecular weight excluding hydrogens is 232 g/mol. The van der Waals surface area contributed by atoms with Crippen LogP contribution in [0.1, 0.15) is 11.5 Å². The van der Waals surface area contributed by atoms with Crippen LogP contribution in [-0.4, -0.2) is 45.4 Å². The SMILES string of the molecule is c1cnc2c(CC3CO3)nc(CC3CO3)nc2n1. The van der Waals surface area contributed by atoms with Gasteiger partial charge in [0, 0.05) is 25.2 Å². The van der Waals surface area contributed by atoms with Gasteiger partial charge in [-0.05, 0) is 0 Å². The normalized spacial score (nSPS) is 25.3. The number of epoxide rings is 2. The molecule has 0 aromatic carbocycles. The molecule has 92 valence electrons. The molecule has 2 unspecified atom stereocenters. The van der Waals surface area contributed by atoms with Crippen LogP contribution in [0.3, 0.4) is 0 Å². The van der Waals surface area contributed by atoms with Gasteiger partial charge < -0.3 is 9.47 Å². The number of ether oxygens (including phenoxy) is 2. The van der Waals surface area contributed by atoms with Crippen molar-refractivity contribution in [2.75, 3.05) is 13.2 Å². The first-order chi connectivity index (χ1) is 8.88. The molecule has 2 aliphatic heterocycles. The van der Waals surface area contributed by atoms with E-state index in [-0.39, 0.29) is 12.2 Å². The van der Waals surface area contributed by atoms with Gasteiger partial charge in [-0.15, -0.1) is 0 Å². The van der Waals surface area contributed by atoms with Crippen LogP contribution in [0, 0.1) is 0 Å². The molecule has 0 spiro atoms. The standard InChI is InChI=1S/C12H12N4O2/c1-2-14-12-11(13-1)9(3-7-5-17-7)15-10(16-12)4-8-6-18-8/h1-2,7-8H,3-6H2. The van der Waals surface area contributed by atoms with E-state index < -0.39 is 0 Å². The number of hydrogen-bond donors (Lipinski definition) is 0. The van der Waals surface area contributed by atoms with Crippen LogP contribution in [0.15, 0.2) is 12.4 Å². The van der Waals surface area contributed by atoms with Gasteiger partial charge in [-0.25, -0.2) is 19.9 Å². The molecule has 0 bridgehead atoms. The van der Waals surface area contributed by atoms with E-state index in [9.17, 15) is 0 Å². The van der Waals surface area contributed by atoms with Crippen molar-refractivity contribution >= 4 is 11.2 Å². The van der Waals surface area contributed by atoms with E-state index in [0.717, 1.165) is 43.1 Å². The highest BCUT2D eigenvalue weighted by molar-refractivity contribution is 5.71. The molecule has 4 rings (SSSR count). The Kier molecular flexibility index (Phi) is 2.24. The minimum atomic E-state index is 0.282. The van der Waals surface area contributed by atoms with Crippen LogP contribution in [0.25, 0.3) is 11.2 Å². The molecule has 4 heterocycles. The summed E-state index contributed by atoms with van der Waals surface area (Å²) in [5.41, 5.74) is 2.39. The van der Waals surface area contributed by atoms with E-state index in [2.05, 4.69) is 19.9 Å². The zero-order valence-corrected chi connectivity index (χ0v) is 9.74. The lowest BCUT2D eigenvalue weighted by molar-refractivity contribution is 0.402. The van der Waals surface area contributed by atoms with Gasteiger partial charge in [0.25, 0.3) is 0 Å². The molecule has 0 N–H and O–H groups in total. The fourth-order valence-corrected chi connectivity index (χ4v) is 2.00. The largest absolute Gasteiger partial charge is 0.373 e. The van der Waals surface area contributed by atoms with Crippen molar-refractivity contribution in [3.63, 3.8) is 0 Å². The van der Waals surface area contributed by atoms with E-state index >= 15 is 0 Å². The maximum absolute atomic E-state index is 5.26. The van der Waals surface area contributed by atoms with Crippen molar-refractivity contribution in [1.29, 1.82) is 0 Å². The number of aromatic nitrogens is 4. The van der Waals surface area contributed by atoms with E-state index in [0.29, 0.717) is 5.65 Å². The summed E-state index contributed by atoms with van der Waals surface area (Å²) in [7, 11) is 0. The van der Waals surface area contributed by atoms with E-state index in [1.807, 2.05) is 0 Å². The predicted octanol–water partition coefficient (Wildman–Crippen LogP) is 0.302. The van der Waals surface area contributed by atoms with Gasteiger partial charge in [0.2, 0.25) is 0 Å². The first-order valence-corrected chi connectivity index (χ1v) is 6.08. The van der Waals surface area contributed by atoms with Crippen LogP contribution in [-0.2, 0) is 22.3 Å². The lowest BCUT2D eigenvalue weighted by Gasteiger charge is -2.05. The van der Waals surface area contributed by atoms with E-state index in [1.54, 1.807) is 12.4 Å². The number of fused-ring (bicyclic) bond motifs is 1. The number of rotatable bonds is 4. The van der Waals surface area contributed by atoms with Crippen molar-refractivity contribution in [2.45, 2.75) is 25.0 Å². The highest BCUT2D eigenvalue weighted by Gasteiger charge is 2.27. The second-order valence-corrected chi connectivity index (χ2v) is 4.63. The summed E-state index contributed by atoms with van der Waals surface area (Å²) in [5.74, 6) is 0.793. The Morgan fingerprint density at radius 2 is 1.72 bits per heavy atom. The predicted molar refractivity (Wildman–Crippen MR) is 62.0 cm³/mol. The van der Waals surface area contributed by atoms with Crippen LogP contribution in [0.2, 0.25) is 0 Å². The van der Waals surface area contributed by atoms with Gasteiger partial charge in [0.1, 0.15) is 11.3 Å². The van der Waals surface area contributed by atoms with E-state index in [4.69, 9.17) is 9.47 Å². The molecule has 6 nitrogen and oxygen atoms in total. The van der Waals surface area contributed by atoms with Gasteiger partial charge in [-0.1, -0.05) is 0 Å². The lowest BCUT2D eigenvalue weighted by atomic mass is 10.2. The van der Waals surface area contributed by atoms with Gasteiger partial charge in [0.15, 0.2) is 5.65 Å². The third-order valence-corrected chi connectivity index (χ3v) is 3.09. The highest BCUT2D eigenvalue weighted by atomic mass is 16.6. The van der Waals surface area contributed by atoms with Crippen molar-refractivity contribution in [2.24, 2.45) is 0 Å². The Morgan fingerprint density at radius 1 is 1.00 bits per heavy atom. The van der Waals surface area contributed by atoms with Crippen LogP contribution < -0.4 is 0 Å². The molecule has 0 radical (unpaired) electrons. The summed E-state index contributed by atoms with van der Waals surface area (Å²) < 4.78 is 10.5. The maximum atomic E-state index is 5.26. The van der Waals surface area contributed by atoms with Crippen molar-refractivity contribution in [3.05, 3.63) is 23.9 Å². The smallest absolute Gasteiger partial charge is 0.181 e. The number of hydrogen-bond acceptors (Lipinski definition) is 6. The summed E-state index contributed by atoms with van der Waals surface area (Å²) in [5, 5.41) is 0. The van der Waals surface area contributed by atoms with Gasteiger partial charge in [-0.3, -0.25) is 0 Å². The molecule has 2 fully saturated rings. The van der Waals surface area contributed by atoms with Gasteiger partial charge >= 0.3 is 0 Å². The van der Waals surface area contributed by atoms with Gasteiger partial charge in [-0.2, -0.15) is 0 Å². The van der Waals surface area contributed by atoms with Crippen molar-refractivity contribution < 1.29 is 9.47 Å². The highest BCUT2D eigenvalue weighted by Crippen LogP contribution is 2.21. The molecule has 2 aromatic rings. The Hall–Kier alpha value is -1.66. The molecule has 0 saturated carbocycles. The first kappa shape index (κ1) is 10.3.